The van der Waals surface area contributed by atoms with Crippen LogP contribution in [0.1, 0.15) is 38.9 Å². The first kappa shape index (κ1) is 21.4. The maximum Gasteiger partial charge on any atom is 0.263 e. The summed E-state index contributed by atoms with van der Waals surface area (Å²) in [4.78, 5) is 12.7. The lowest BCUT2D eigenvalue weighted by atomic mass is 9.92. The molecule has 1 fully saturated rings. The van der Waals surface area contributed by atoms with Crippen LogP contribution in [-0.2, 0) is 20.0 Å². The number of hydrogen-bond acceptors (Lipinski definition) is 5. The van der Waals surface area contributed by atoms with Crippen molar-refractivity contribution in [3.05, 3.63) is 54.2 Å². The van der Waals surface area contributed by atoms with Gasteiger partial charge in [0.2, 0.25) is 0 Å². The van der Waals surface area contributed by atoms with Crippen molar-refractivity contribution in [1.82, 2.24) is 9.78 Å². The quantitative estimate of drug-likeness (QED) is 0.652. The van der Waals surface area contributed by atoms with Gasteiger partial charge in [0.1, 0.15) is 11.6 Å². The van der Waals surface area contributed by atoms with Gasteiger partial charge in [-0.1, -0.05) is 57.2 Å². The van der Waals surface area contributed by atoms with E-state index in [9.17, 15) is 13.2 Å². The van der Waals surface area contributed by atoms with Crippen LogP contribution in [0.3, 0.4) is 0 Å². The number of rotatable bonds is 5. The Balaban J connectivity index is 1.52. The fraction of sp³-hybridized carbons (Fsp3) is 0.391. The van der Waals surface area contributed by atoms with Crippen molar-refractivity contribution >= 4 is 32.3 Å². The average molecular weight is 442 g/mol. The molecule has 1 aliphatic rings. The minimum absolute atomic E-state index is 0.0354. The smallest absolute Gasteiger partial charge is 0.263 e. The highest BCUT2D eigenvalue weighted by atomic mass is 32.2. The van der Waals surface area contributed by atoms with Crippen LogP contribution < -0.4 is 10.1 Å². The summed E-state index contributed by atoms with van der Waals surface area (Å²) in [6, 6.07) is 15.1. The zero-order valence-electron chi connectivity index (χ0n) is 18.0. The molecule has 1 saturated heterocycles. The van der Waals surface area contributed by atoms with Gasteiger partial charge in [0.15, 0.2) is 16.4 Å². The number of sulfone groups is 1. The molecule has 0 aliphatic carbocycles. The van der Waals surface area contributed by atoms with Crippen molar-refractivity contribution in [2.45, 2.75) is 38.6 Å². The minimum Gasteiger partial charge on any atom is -0.483 e. The second-order valence-corrected chi connectivity index (χ2v) is 11.2. The molecule has 3 aromatic rings. The summed E-state index contributed by atoms with van der Waals surface area (Å²) in [7, 11) is -3.08. The lowest BCUT2D eigenvalue weighted by Crippen LogP contribution is -2.24. The number of carbonyl (C=O) groups is 1. The first-order valence-electron chi connectivity index (χ1n) is 10.3. The Labute approximate surface area is 182 Å². The molecule has 31 heavy (non-hydrogen) atoms. The number of ether oxygens (including phenoxy) is 1. The number of aromatic nitrogens is 2. The zero-order valence-corrected chi connectivity index (χ0v) is 18.8. The summed E-state index contributed by atoms with van der Waals surface area (Å²) in [5.41, 5.74) is 0.559. The van der Waals surface area contributed by atoms with Crippen molar-refractivity contribution in [1.29, 1.82) is 0 Å². The van der Waals surface area contributed by atoms with E-state index in [2.05, 4.69) is 10.4 Å². The van der Waals surface area contributed by atoms with E-state index >= 15 is 0 Å². The SMILES string of the molecule is CC(C)(C)c1cc(NC(=O)COc2cccc3ccccc23)n(C2CCS(=O)(=O)C2)n1. The summed E-state index contributed by atoms with van der Waals surface area (Å²) < 4.78 is 31.4. The first-order chi connectivity index (χ1) is 14.6. The predicted octanol–water partition coefficient (Wildman–Crippen LogP) is 3.71. The van der Waals surface area contributed by atoms with Crippen LogP contribution in [0.5, 0.6) is 5.75 Å². The first-order valence-corrected chi connectivity index (χ1v) is 12.2. The fourth-order valence-electron chi connectivity index (χ4n) is 3.74. The third-order valence-electron chi connectivity index (χ3n) is 5.43. The molecule has 1 aromatic heterocycles. The Morgan fingerprint density at radius 1 is 1.19 bits per heavy atom. The normalized spacial score (nSPS) is 18.2. The second kappa shape index (κ2) is 8.00. The lowest BCUT2D eigenvalue weighted by Gasteiger charge is -2.16. The maximum absolute atomic E-state index is 12.7. The van der Waals surface area contributed by atoms with E-state index < -0.39 is 9.84 Å². The van der Waals surface area contributed by atoms with Crippen molar-refractivity contribution in [3.8, 4) is 5.75 Å². The molecular formula is C23H27N3O4S. The fourth-order valence-corrected chi connectivity index (χ4v) is 5.44. The molecule has 4 rings (SSSR count). The number of fused-ring (bicyclic) bond motifs is 1. The number of nitrogens with one attached hydrogen (secondary N) is 1. The molecule has 2 aromatic carbocycles. The van der Waals surface area contributed by atoms with Crippen LogP contribution in [-0.4, -0.2) is 42.2 Å². The van der Waals surface area contributed by atoms with E-state index in [1.165, 1.54) is 0 Å². The van der Waals surface area contributed by atoms with Gasteiger partial charge in [-0.15, -0.1) is 0 Å². The van der Waals surface area contributed by atoms with Crippen molar-refractivity contribution in [2.24, 2.45) is 0 Å². The minimum atomic E-state index is -3.08. The van der Waals surface area contributed by atoms with Crippen LogP contribution in [0.2, 0.25) is 0 Å². The van der Waals surface area contributed by atoms with Gasteiger partial charge >= 0.3 is 0 Å². The van der Waals surface area contributed by atoms with Crippen LogP contribution in [0, 0.1) is 0 Å². The predicted molar refractivity (Wildman–Crippen MR) is 121 cm³/mol. The van der Waals surface area contributed by atoms with E-state index in [1.54, 1.807) is 4.68 Å². The number of amides is 1. The molecule has 164 valence electrons. The average Bonchev–Trinajstić information content (AvgIpc) is 3.29. The standard InChI is InChI=1S/C23H27N3O4S/c1-23(2,3)20-13-21(26(25-20)17-11-12-31(28,29)15-17)24-22(27)14-30-19-10-6-8-16-7-4-5-9-18(16)19/h4-10,13,17H,11-12,14-15H2,1-3H3,(H,24,27). The third-order valence-corrected chi connectivity index (χ3v) is 7.18. The van der Waals surface area contributed by atoms with Crippen LogP contribution in [0.4, 0.5) is 5.82 Å². The lowest BCUT2D eigenvalue weighted by molar-refractivity contribution is -0.118. The third kappa shape index (κ3) is 4.74. The highest BCUT2D eigenvalue weighted by Crippen LogP contribution is 2.31. The van der Waals surface area contributed by atoms with Gasteiger partial charge in [0.05, 0.1) is 23.2 Å². The molecule has 1 aliphatic heterocycles. The van der Waals surface area contributed by atoms with Crippen LogP contribution in [0.25, 0.3) is 10.8 Å². The highest BCUT2D eigenvalue weighted by molar-refractivity contribution is 7.91. The topological polar surface area (TPSA) is 90.3 Å². The molecule has 1 amide bonds. The van der Waals surface area contributed by atoms with Gasteiger partial charge in [-0.25, -0.2) is 13.1 Å². The van der Waals surface area contributed by atoms with E-state index in [0.717, 1.165) is 16.5 Å². The van der Waals surface area contributed by atoms with Crippen molar-refractivity contribution in [2.75, 3.05) is 23.4 Å². The number of nitrogens with zero attached hydrogens (tertiary/aromatic N) is 2. The molecule has 0 spiro atoms. The number of anilines is 1. The Kier molecular flexibility index (Phi) is 5.51. The zero-order chi connectivity index (χ0) is 22.2. The molecule has 2 heterocycles. The molecule has 0 radical (unpaired) electrons. The van der Waals surface area contributed by atoms with Crippen LogP contribution >= 0.6 is 0 Å². The van der Waals surface area contributed by atoms with Gasteiger partial charge < -0.3 is 10.1 Å². The van der Waals surface area contributed by atoms with E-state index in [-0.39, 0.29) is 35.5 Å². The largest absolute Gasteiger partial charge is 0.483 e. The number of carbonyl (C=O) groups excluding carboxylic acids is 1. The second-order valence-electron chi connectivity index (χ2n) is 8.98. The van der Waals surface area contributed by atoms with E-state index in [4.69, 9.17) is 4.74 Å². The summed E-state index contributed by atoms with van der Waals surface area (Å²) in [6.07, 6.45) is 0.489. The summed E-state index contributed by atoms with van der Waals surface area (Å²) in [5, 5.41) is 9.48. The Morgan fingerprint density at radius 2 is 1.94 bits per heavy atom. The van der Waals surface area contributed by atoms with Gasteiger partial charge in [0.25, 0.3) is 5.91 Å². The molecule has 0 bridgehead atoms. The van der Waals surface area contributed by atoms with E-state index in [1.807, 2.05) is 69.3 Å². The molecule has 1 N–H and O–H groups in total. The maximum atomic E-state index is 12.7. The van der Waals surface area contributed by atoms with Crippen molar-refractivity contribution < 1.29 is 17.9 Å². The van der Waals surface area contributed by atoms with Gasteiger partial charge in [-0.05, 0) is 17.9 Å². The molecule has 1 unspecified atom stereocenters. The Bertz CT molecular complexity index is 1220. The molecule has 1 atom stereocenters. The number of benzene rings is 2. The molecular weight excluding hydrogens is 414 g/mol. The molecule has 8 heteroatoms. The number of hydrogen-bond donors (Lipinski definition) is 1. The van der Waals surface area contributed by atoms with Gasteiger partial charge in [0, 0.05) is 16.9 Å². The van der Waals surface area contributed by atoms with Crippen LogP contribution in [0.15, 0.2) is 48.5 Å². The Hall–Kier alpha value is -2.87. The Morgan fingerprint density at radius 3 is 2.65 bits per heavy atom. The summed E-state index contributed by atoms with van der Waals surface area (Å²) in [5.74, 6) is 0.987. The summed E-state index contributed by atoms with van der Waals surface area (Å²) >= 11 is 0. The van der Waals surface area contributed by atoms with Gasteiger partial charge in [-0.3, -0.25) is 4.79 Å². The van der Waals surface area contributed by atoms with Crippen molar-refractivity contribution in [3.63, 3.8) is 0 Å². The monoisotopic (exact) mass is 441 g/mol. The summed E-state index contributed by atoms with van der Waals surface area (Å²) in [6.45, 7) is 5.92. The highest BCUT2D eigenvalue weighted by Gasteiger charge is 2.32. The molecule has 7 nitrogen and oxygen atoms in total. The van der Waals surface area contributed by atoms with E-state index in [0.29, 0.717) is 18.0 Å². The molecule has 0 saturated carbocycles. The van der Waals surface area contributed by atoms with Gasteiger partial charge in [-0.2, -0.15) is 5.10 Å².